The van der Waals surface area contributed by atoms with Gasteiger partial charge in [-0.3, -0.25) is 0 Å². The van der Waals surface area contributed by atoms with Gasteiger partial charge in [0.25, 0.3) is 0 Å². The van der Waals surface area contributed by atoms with E-state index < -0.39 is 0 Å². The molecule has 2 bridgehead atoms. The van der Waals surface area contributed by atoms with Gasteiger partial charge < -0.3 is 5.73 Å². The van der Waals surface area contributed by atoms with Crippen LogP contribution in [0.15, 0.2) is 0 Å². The predicted molar refractivity (Wildman–Crippen MR) is 51.9 cm³/mol. The van der Waals surface area contributed by atoms with Crippen LogP contribution >= 0.6 is 0 Å². The summed E-state index contributed by atoms with van der Waals surface area (Å²) >= 11 is 0. The average Bonchev–Trinajstić information content (AvgIpc) is 1.92. The Morgan fingerprint density at radius 2 is 1.75 bits per heavy atom. The second-order valence-corrected chi connectivity index (χ2v) is 5.19. The van der Waals surface area contributed by atoms with Crippen LogP contribution in [0, 0.1) is 10.8 Å². The van der Waals surface area contributed by atoms with Crippen molar-refractivity contribution in [1.29, 1.82) is 0 Å². The van der Waals surface area contributed by atoms with E-state index in [1.165, 1.54) is 44.9 Å². The Hall–Kier alpha value is -0.0400. The second-order valence-electron chi connectivity index (χ2n) is 5.19. The predicted octanol–water partition coefficient (Wildman–Crippen LogP) is 2.70. The van der Waals surface area contributed by atoms with Crippen LogP contribution in [-0.2, 0) is 0 Å². The maximum atomic E-state index is 5.72. The van der Waals surface area contributed by atoms with E-state index in [9.17, 15) is 0 Å². The molecule has 0 saturated heterocycles. The Morgan fingerprint density at radius 1 is 1.08 bits per heavy atom. The van der Waals surface area contributed by atoms with Crippen molar-refractivity contribution in [3.05, 3.63) is 0 Å². The summed E-state index contributed by atoms with van der Waals surface area (Å²) in [7, 11) is 0. The molecule has 1 heteroatoms. The summed E-state index contributed by atoms with van der Waals surface area (Å²) in [5, 5.41) is 0. The molecule has 3 aliphatic rings. The molecule has 70 valence electrons. The molecule has 3 saturated carbocycles. The third-order valence-electron chi connectivity index (χ3n) is 3.99. The molecule has 0 amide bonds. The highest BCUT2D eigenvalue weighted by Gasteiger charge is 2.65. The zero-order chi connectivity index (χ0) is 8.66. The van der Waals surface area contributed by atoms with E-state index in [-0.39, 0.29) is 0 Å². The van der Waals surface area contributed by atoms with Gasteiger partial charge in [-0.2, -0.15) is 0 Å². The summed E-state index contributed by atoms with van der Waals surface area (Å²) in [4.78, 5) is 0. The van der Waals surface area contributed by atoms with Crippen molar-refractivity contribution < 1.29 is 0 Å². The number of unbranched alkanes of at least 4 members (excludes halogenated alkanes) is 2. The van der Waals surface area contributed by atoms with Crippen LogP contribution in [0.25, 0.3) is 0 Å². The molecule has 2 N–H and O–H groups in total. The monoisotopic (exact) mass is 167 g/mol. The summed E-state index contributed by atoms with van der Waals surface area (Å²) in [6.07, 6.45) is 10.1. The Bertz CT molecular complexity index is 154. The summed E-state index contributed by atoms with van der Waals surface area (Å²) in [5.41, 5.74) is 7.16. The third kappa shape index (κ3) is 1.10. The zero-order valence-electron chi connectivity index (χ0n) is 8.23. The van der Waals surface area contributed by atoms with Gasteiger partial charge in [0.05, 0.1) is 0 Å². The fourth-order valence-corrected chi connectivity index (χ4v) is 3.46. The fourth-order valence-electron chi connectivity index (χ4n) is 3.46. The van der Waals surface area contributed by atoms with Gasteiger partial charge >= 0.3 is 0 Å². The van der Waals surface area contributed by atoms with E-state index in [1.807, 2.05) is 0 Å². The standard InChI is InChI=1S/C11H21N/c1-2-3-4-5-10-6-11(7-10,8-10)9-12/h2-9,12H2,1H3. The minimum Gasteiger partial charge on any atom is -0.330 e. The van der Waals surface area contributed by atoms with Crippen molar-refractivity contribution in [1.82, 2.24) is 0 Å². The van der Waals surface area contributed by atoms with Gasteiger partial charge in [-0.25, -0.2) is 0 Å². The zero-order valence-corrected chi connectivity index (χ0v) is 8.23. The van der Waals surface area contributed by atoms with Crippen LogP contribution < -0.4 is 5.73 Å². The largest absolute Gasteiger partial charge is 0.330 e. The third-order valence-corrected chi connectivity index (χ3v) is 3.99. The smallest absolute Gasteiger partial charge is 0.00199 e. The van der Waals surface area contributed by atoms with Crippen molar-refractivity contribution in [3.63, 3.8) is 0 Å². The van der Waals surface area contributed by atoms with Gasteiger partial charge in [-0.15, -0.1) is 0 Å². The quantitative estimate of drug-likeness (QED) is 0.626. The molecule has 3 rings (SSSR count). The van der Waals surface area contributed by atoms with Crippen LogP contribution in [0.3, 0.4) is 0 Å². The molecular formula is C11H21N. The van der Waals surface area contributed by atoms with Gasteiger partial charge in [0, 0.05) is 0 Å². The van der Waals surface area contributed by atoms with E-state index in [4.69, 9.17) is 5.73 Å². The van der Waals surface area contributed by atoms with Crippen LogP contribution in [0.1, 0.15) is 51.9 Å². The van der Waals surface area contributed by atoms with Crippen LogP contribution in [0.2, 0.25) is 0 Å². The fraction of sp³-hybridized carbons (Fsp3) is 1.00. The molecule has 0 aliphatic heterocycles. The molecule has 0 spiro atoms. The summed E-state index contributed by atoms with van der Waals surface area (Å²) in [6, 6.07) is 0. The Labute approximate surface area is 75.7 Å². The molecule has 0 aromatic rings. The molecule has 1 nitrogen and oxygen atoms in total. The maximum Gasteiger partial charge on any atom is -0.00199 e. The van der Waals surface area contributed by atoms with E-state index in [1.54, 1.807) is 0 Å². The van der Waals surface area contributed by atoms with E-state index >= 15 is 0 Å². The average molecular weight is 167 g/mol. The lowest BCUT2D eigenvalue weighted by molar-refractivity contribution is -0.200. The molecule has 0 aromatic heterocycles. The van der Waals surface area contributed by atoms with Crippen LogP contribution in [0.5, 0.6) is 0 Å². The molecule has 0 unspecified atom stereocenters. The minimum atomic E-state index is 0.645. The first kappa shape index (κ1) is 8.55. The first-order valence-electron chi connectivity index (χ1n) is 5.44. The maximum absolute atomic E-state index is 5.72. The van der Waals surface area contributed by atoms with Crippen molar-refractivity contribution in [3.8, 4) is 0 Å². The topological polar surface area (TPSA) is 26.0 Å². The lowest BCUT2D eigenvalue weighted by atomic mass is 9.34. The Balaban J connectivity index is 1.67. The van der Waals surface area contributed by atoms with E-state index in [0.29, 0.717) is 5.41 Å². The normalized spacial score (nSPS) is 43.5. The molecule has 0 aromatic carbocycles. The summed E-state index contributed by atoms with van der Waals surface area (Å²) in [5.74, 6) is 0. The number of hydrogen-bond donors (Lipinski definition) is 1. The SMILES string of the molecule is CCCCCC12CC(CN)(C1)C2. The second kappa shape index (κ2) is 2.73. The number of hydrogen-bond acceptors (Lipinski definition) is 1. The van der Waals surface area contributed by atoms with Gasteiger partial charge in [0.15, 0.2) is 0 Å². The van der Waals surface area contributed by atoms with E-state index in [2.05, 4.69) is 6.92 Å². The van der Waals surface area contributed by atoms with E-state index in [0.717, 1.165) is 12.0 Å². The Morgan fingerprint density at radius 3 is 2.25 bits per heavy atom. The van der Waals surface area contributed by atoms with Crippen molar-refractivity contribution >= 4 is 0 Å². The Kier molecular flexibility index (Phi) is 1.95. The number of nitrogens with two attached hydrogens (primary N) is 1. The van der Waals surface area contributed by atoms with Gasteiger partial charge in [0.2, 0.25) is 0 Å². The van der Waals surface area contributed by atoms with Crippen molar-refractivity contribution in [2.75, 3.05) is 6.54 Å². The van der Waals surface area contributed by atoms with Crippen molar-refractivity contribution in [2.45, 2.75) is 51.9 Å². The summed E-state index contributed by atoms with van der Waals surface area (Å²) in [6.45, 7) is 3.23. The van der Waals surface area contributed by atoms with Crippen molar-refractivity contribution in [2.24, 2.45) is 16.6 Å². The van der Waals surface area contributed by atoms with Gasteiger partial charge in [-0.1, -0.05) is 26.2 Å². The molecule has 0 heterocycles. The van der Waals surface area contributed by atoms with Gasteiger partial charge in [0.1, 0.15) is 0 Å². The van der Waals surface area contributed by atoms with Crippen LogP contribution in [-0.4, -0.2) is 6.54 Å². The highest BCUT2D eigenvalue weighted by molar-refractivity contribution is 5.16. The number of rotatable bonds is 5. The van der Waals surface area contributed by atoms with Gasteiger partial charge in [-0.05, 0) is 43.1 Å². The summed E-state index contributed by atoms with van der Waals surface area (Å²) < 4.78 is 0. The first-order valence-corrected chi connectivity index (χ1v) is 5.44. The van der Waals surface area contributed by atoms with Crippen LogP contribution in [0.4, 0.5) is 0 Å². The molecule has 0 radical (unpaired) electrons. The molecule has 3 aliphatic carbocycles. The lowest BCUT2D eigenvalue weighted by Crippen LogP contribution is -2.64. The highest BCUT2D eigenvalue weighted by Crippen LogP contribution is 2.74. The lowest BCUT2D eigenvalue weighted by Gasteiger charge is -2.71. The minimum absolute atomic E-state index is 0.645. The first-order chi connectivity index (χ1) is 5.74. The molecule has 0 atom stereocenters. The highest BCUT2D eigenvalue weighted by atomic mass is 14.8. The molecule has 3 fully saturated rings. The molecular weight excluding hydrogens is 146 g/mol. The molecule has 12 heavy (non-hydrogen) atoms.